The highest BCUT2D eigenvalue weighted by Gasteiger charge is 2.61. The van der Waals surface area contributed by atoms with Crippen LogP contribution >= 0.6 is 0 Å². The van der Waals surface area contributed by atoms with Gasteiger partial charge in [0.1, 0.15) is 12.2 Å². The van der Waals surface area contributed by atoms with Gasteiger partial charge < -0.3 is 24.1 Å². The first kappa shape index (κ1) is 21.7. The zero-order valence-electron chi connectivity index (χ0n) is 15.8. The first-order chi connectivity index (χ1) is 11.2. The maximum atomic E-state index is 12.5. The third-order valence-electron chi connectivity index (χ3n) is 4.94. The standard InChI is InChI=1S/C16H28O8Si/c1-9(17)23-16(14(21)22-5)8-10(11(18)12(19)13(16)20)24-25(6,7)15(2,3)4/h10-12,18-19H,8H2,1-7H3/t10-,11+,12+,16-/m1/s1. The predicted octanol–water partition coefficient (Wildman–Crippen LogP) is 0.546. The normalized spacial score (nSPS) is 30.8. The van der Waals surface area contributed by atoms with Gasteiger partial charge in [0.05, 0.1) is 13.2 Å². The van der Waals surface area contributed by atoms with Gasteiger partial charge in [-0.05, 0) is 18.1 Å². The lowest BCUT2D eigenvalue weighted by Gasteiger charge is -2.46. The van der Waals surface area contributed by atoms with Crippen molar-refractivity contribution < 1.29 is 38.5 Å². The van der Waals surface area contributed by atoms with E-state index in [0.29, 0.717) is 0 Å². The summed E-state index contributed by atoms with van der Waals surface area (Å²) in [6.45, 7) is 10.8. The number of esters is 2. The largest absolute Gasteiger partial charge is 0.466 e. The maximum absolute atomic E-state index is 12.5. The Labute approximate surface area is 148 Å². The average Bonchev–Trinajstić information content (AvgIpc) is 2.47. The smallest absolute Gasteiger partial charge is 0.358 e. The minimum absolute atomic E-state index is 0.214. The molecule has 1 fully saturated rings. The van der Waals surface area contributed by atoms with Gasteiger partial charge in [0.2, 0.25) is 5.78 Å². The van der Waals surface area contributed by atoms with Crippen molar-refractivity contribution >= 4 is 26.0 Å². The van der Waals surface area contributed by atoms with E-state index >= 15 is 0 Å². The monoisotopic (exact) mass is 376 g/mol. The lowest BCUT2D eigenvalue weighted by molar-refractivity contribution is -0.202. The minimum Gasteiger partial charge on any atom is -0.466 e. The summed E-state index contributed by atoms with van der Waals surface area (Å²) in [7, 11) is -1.36. The molecule has 0 aromatic rings. The number of Topliss-reactive ketones (excluding diaryl/α,β-unsaturated/α-hetero) is 1. The van der Waals surface area contributed by atoms with Gasteiger partial charge in [-0.1, -0.05) is 20.8 Å². The van der Waals surface area contributed by atoms with Gasteiger partial charge in [0.15, 0.2) is 8.32 Å². The summed E-state index contributed by atoms with van der Waals surface area (Å²) in [5.74, 6) is -3.10. The van der Waals surface area contributed by atoms with Gasteiger partial charge in [0.25, 0.3) is 5.60 Å². The molecule has 0 radical (unpaired) electrons. The highest BCUT2D eigenvalue weighted by molar-refractivity contribution is 6.74. The summed E-state index contributed by atoms with van der Waals surface area (Å²) in [6, 6.07) is 0. The molecule has 0 aliphatic heterocycles. The summed E-state index contributed by atoms with van der Waals surface area (Å²) in [5, 5.41) is 20.2. The summed E-state index contributed by atoms with van der Waals surface area (Å²) in [4.78, 5) is 36.2. The lowest BCUT2D eigenvalue weighted by atomic mass is 9.78. The van der Waals surface area contributed by atoms with Crippen molar-refractivity contribution in [2.75, 3.05) is 7.11 Å². The molecule has 25 heavy (non-hydrogen) atoms. The molecule has 1 rings (SSSR count). The molecule has 1 aliphatic rings. The van der Waals surface area contributed by atoms with E-state index < -0.39 is 56.4 Å². The molecule has 0 bridgehead atoms. The van der Waals surface area contributed by atoms with Crippen molar-refractivity contribution in [3.8, 4) is 0 Å². The fraction of sp³-hybridized carbons (Fsp3) is 0.812. The molecule has 1 saturated carbocycles. The van der Waals surface area contributed by atoms with Gasteiger partial charge >= 0.3 is 11.9 Å². The molecule has 0 amide bonds. The number of hydrogen-bond donors (Lipinski definition) is 2. The fourth-order valence-electron chi connectivity index (χ4n) is 2.50. The van der Waals surface area contributed by atoms with Crippen molar-refractivity contribution in [2.24, 2.45) is 0 Å². The predicted molar refractivity (Wildman–Crippen MR) is 90.2 cm³/mol. The first-order valence-electron chi connectivity index (χ1n) is 8.06. The number of rotatable bonds is 4. The van der Waals surface area contributed by atoms with Crippen molar-refractivity contribution in [1.82, 2.24) is 0 Å². The molecule has 0 saturated heterocycles. The van der Waals surface area contributed by atoms with Crippen LogP contribution in [-0.4, -0.2) is 67.3 Å². The van der Waals surface area contributed by atoms with Gasteiger partial charge in [-0.25, -0.2) is 4.79 Å². The van der Waals surface area contributed by atoms with E-state index in [-0.39, 0.29) is 5.04 Å². The SMILES string of the molecule is COC(=O)[C@@]1(OC(C)=O)C[C@@H](O[Si](C)(C)C(C)(C)C)[C@H](O)[C@H](O)C1=O. The second-order valence-electron chi connectivity index (χ2n) is 7.83. The quantitative estimate of drug-likeness (QED) is 0.415. The molecule has 0 aromatic heterocycles. The molecular formula is C16H28O8Si. The van der Waals surface area contributed by atoms with Gasteiger partial charge in [-0.3, -0.25) is 9.59 Å². The molecule has 144 valence electrons. The Morgan fingerprint density at radius 1 is 1.24 bits per heavy atom. The number of carbonyl (C=O) groups excluding carboxylic acids is 3. The van der Waals surface area contributed by atoms with E-state index in [9.17, 15) is 24.6 Å². The first-order valence-corrected chi connectivity index (χ1v) is 11.0. The van der Waals surface area contributed by atoms with E-state index in [0.717, 1.165) is 14.0 Å². The third kappa shape index (κ3) is 4.10. The summed E-state index contributed by atoms with van der Waals surface area (Å²) in [6.07, 6.45) is -4.94. The lowest BCUT2D eigenvalue weighted by Crippen LogP contribution is -2.67. The molecule has 4 atom stereocenters. The number of aliphatic hydroxyl groups excluding tert-OH is 2. The summed E-state index contributed by atoms with van der Waals surface area (Å²) in [5.41, 5.74) is -2.33. The second kappa shape index (κ2) is 7.14. The molecule has 1 aliphatic carbocycles. The van der Waals surface area contributed by atoms with Crippen LogP contribution in [0.25, 0.3) is 0 Å². The van der Waals surface area contributed by atoms with Crippen molar-refractivity contribution in [1.29, 1.82) is 0 Å². The van der Waals surface area contributed by atoms with Crippen LogP contribution in [-0.2, 0) is 28.3 Å². The van der Waals surface area contributed by atoms with Crippen LogP contribution in [0.2, 0.25) is 18.1 Å². The molecule has 0 spiro atoms. The van der Waals surface area contributed by atoms with Crippen molar-refractivity contribution in [3.05, 3.63) is 0 Å². The van der Waals surface area contributed by atoms with E-state index in [4.69, 9.17) is 9.16 Å². The van der Waals surface area contributed by atoms with Gasteiger partial charge in [-0.15, -0.1) is 0 Å². The number of ketones is 1. The fourth-order valence-corrected chi connectivity index (χ4v) is 3.83. The Bertz CT molecular complexity index is 553. The van der Waals surface area contributed by atoms with Crippen molar-refractivity contribution in [3.63, 3.8) is 0 Å². The Hall–Kier alpha value is -1.29. The van der Waals surface area contributed by atoms with E-state index in [2.05, 4.69) is 4.74 Å². The average molecular weight is 376 g/mol. The van der Waals surface area contributed by atoms with Gasteiger partial charge in [-0.2, -0.15) is 0 Å². The molecule has 0 aromatic carbocycles. The highest BCUT2D eigenvalue weighted by atomic mass is 28.4. The van der Waals surface area contributed by atoms with Crippen molar-refractivity contribution in [2.45, 2.75) is 76.2 Å². The Morgan fingerprint density at radius 2 is 1.76 bits per heavy atom. The highest BCUT2D eigenvalue weighted by Crippen LogP contribution is 2.41. The summed E-state index contributed by atoms with van der Waals surface area (Å²) < 4.78 is 15.7. The Balaban J connectivity index is 3.31. The topological polar surface area (TPSA) is 119 Å². The number of hydrogen-bond acceptors (Lipinski definition) is 8. The molecule has 9 heteroatoms. The van der Waals surface area contributed by atoms with Crippen LogP contribution in [0.3, 0.4) is 0 Å². The molecule has 2 N–H and O–H groups in total. The summed E-state index contributed by atoms with van der Waals surface area (Å²) >= 11 is 0. The number of ether oxygens (including phenoxy) is 2. The van der Waals surface area contributed by atoms with E-state index in [1.165, 1.54) is 0 Å². The maximum Gasteiger partial charge on any atom is 0.358 e. The second-order valence-corrected chi connectivity index (χ2v) is 12.6. The van der Waals surface area contributed by atoms with Crippen LogP contribution in [0.1, 0.15) is 34.1 Å². The molecule has 0 heterocycles. The zero-order valence-corrected chi connectivity index (χ0v) is 16.8. The minimum atomic E-state index is -2.41. The van der Waals surface area contributed by atoms with Crippen LogP contribution < -0.4 is 0 Å². The number of methoxy groups -OCH3 is 1. The number of aliphatic hydroxyl groups is 2. The Morgan fingerprint density at radius 3 is 2.16 bits per heavy atom. The van der Waals surface area contributed by atoms with E-state index in [1.54, 1.807) is 0 Å². The molecular weight excluding hydrogens is 348 g/mol. The number of carbonyl (C=O) groups is 3. The van der Waals surface area contributed by atoms with Crippen LogP contribution in [0.4, 0.5) is 0 Å². The van der Waals surface area contributed by atoms with E-state index in [1.807, 2.05) is 33.9 Å². The van der Waals surface area contributed by atoms with Crippen LogP contribution in [0.5, 0.6) is 0 Å². The third-order valence-corrected chi connectivity index (χ3v) is 9.45. The zero-order chi connectivity index (χ0) is 19.8. The van der Waals surface area contributed by atoms with Crippen LogP contribution in [0, 0.1) is 0 Å². The molecule has 8 nitrogen and oxygen atoms in total. The Kier molecular flexibility index (Phi) is 6.21. The van der Waals surface area contributed by atoms with Crippen LogP contribution in [0.15, 0.2) is 0 Å². The van der Waals surface area contributed by atoms with Gasteiger partial charge in [0, 0.05) is 13.3 Å². The molecule has 0 unspecified atom stereocenters.